The Kier molecular flexibility index (Phi) is 5.11. The SMILES string of the molecule is CC(C)SB(Br)Br. The molecule has 4 heteroatoms. The smallest absolute Gasteiger partial charge is 0.180 e. The van der Waals surface area contributed by atoms with Gasteiger partial charge >= 0.3 is 3.64 Å². The lowest BCUT2D eigenvalue weighted by Gasteiger charge is -2.00. The minimum Gasteiger partial charge on any atom is -0.180 e. The van der Waals surface area contributed by atoms with Crippen LogP contribution in [0.1, 0.15) is 13.8 Å². The zero-order chi connectivity index (χ0) is 5.86. The van der Waals surface area contributed by atoms with Crippen molar-refractivity contribution in [3.05, 3.63) is 0 Å². The van der Waals surface area contributed by atoms with E-state index in [4.69, 9.17) is 0 Å². The van der Waals surface area contributed by atoms with Gasteiger partial charge in [0.25, 0.3) is 0 Å². The fraction of sp³-hybridized carbons (Fsp3) is 1.00. The van der Waals surface area contributed by atoms with E-state index in [1.165, 1.54) is 0 Å². The molecule has 0 rings (SSSR count). The van der Waals surface area contributed by atoms with Crippen LogP contribution in [0, 0.1) is 0 Å². The summed E-state index contributed by atoms with van der Waals surface area (Å²) in [6, 6.07) is 0. The van der Waals surface area contributed by atoms with E-state index in [-0.39, 0.29) is 0 Å². The first-order chi connectivity index (χ1) is 3.13. The standard InChI is InChI=1S/C3H7BBr2S/c1-3(2)7-4(5)6/h3H,1-2H3. The first-order valence-corrected chi connectivity index (χ1v) is 4.84. The van der Waals surface area contributed by atoms with Gasteiger partial charge in [0, 0.05) is 0 Å². The van der Waals surface area contributed by atoms with Crippen molar-refractivity contribution in [2.75, 3.05) is 0 Å². The Morgan fingerprint density at radius 1 is 1.43 bits per heavy atom. The monoisotopic (exact) mass is 244 g/mol. The van der Waals surface area contributed by atoms with Crippen molar-refractivity contribution in [3.63, 3.8) is 0 Å². The summed E-state index contributed by atoms with van der Waals surface area (Å²) in [5.41, 5.74) is 0. The Hall–Kier alpha value is 1.37. The van der Waals surface area contributed by atoms with Gasteiger partial charge in [0.2, 0.25) is 0 Å². The summed E-state index contributed by atoms with van der Waals surface area (Å²) < 4.78 is 0.417. The Morgan fingerprint density at radius 3 is 1.86 bits per heavy atom. The molecule has 0 fully saturated rings. The lowest BCUT2D eigenvalue weighted by atomic mass is 10.6. The summed E-state index contributed by atoms with van der Waals surface area (Å²) in [5.74, 6) is 0. The fourth-order valence-electron chi connectivity index (χ4n) is 0.206. The topological polar surface area (TPSA) is 0 Å². The molecule has 7 heavy (non-hydrogen) atoms. The molecule has 0 aliphatic rings. The second kappa shape index (κ2) is 4.27. The Balaban J connectivity index is 2.95. The highest BCUT2D eigenvalue weighted by molar-refractivity contribution is 9.55. The molecule has 0 unspecified atom stereocenters. The summed E-state index contributed by atoms with van der Waals surface area (Å²) in [5, 5.41) is 0.698. The minimum atomic E-state index is 0.417. The third kappa shape index (κ3) is 7.37. The highest BCUT2D eigenvalue weighted by atomic mass is 79.9. The summed E-state index contributed by atoms with van der Waals surface area (Å²) in [6.07, 6.45) is 0. The largest absolute Gasteiger partial charge is 0.360 e. The van der Waals surface area contributed by atoms with Gasteiger partial charge in [0.1, 0.15) is 0 Å². The zero-order valence-electron chi connectivity index (χ0n) is 4.32. The molecule has 0 N–H and O–H groups in total. The molecule has 0 saturated carbocycles. The third-order valence-corrected chi connectivity index (χ3v) is 2.42. The Labute approximate surface area is 65.7 Å². The van der Waals surface area contributed by atoms with Crippen LogP contribution in [0.5, 0.6) is 0 Å². The van der Waals surface area contributed by atoms with Gasteiger partial charge in [-0.2, -0.15) is 11.6 Å². The zero-order valence-corrected chi connectivity index (χ0v) is 8.31. The van der Waals surface area contributed by atoms with Crippen LogP contribution < -0.4 is 0 Å². The second-order valence-corrected chi connectivity index (χ2v) is 7.40. The summed E-state index contributed by atoms with van der Waals surface area (Å²) in [7, 11) is 0. The molecule has 42 valence electrons. The van der Waals surface area contributed by atoms with Crippen molar-refractivity contribution in [2.24, 2.45) is 0 Å². The minimum absolute atomic E-state index is 0.417. The van der Waals surface area contributed by atoms with Crippen LogP contribution in [0.2, 0.25) is 0 Å². The van der Waals surface area contributed by atoms with Crippen LogP contribution in [-0.4, -0.2) is 8.89 Å². The molecule has 0 nitrogen and oxygen atoms in total. The number of rotatable bonds is 2. The molecule has 0 aliphatic heterocycles. The van der Waals surface area contributed by atoms with Crippen LogP contribution in [0.3, 0.4) is 0 Å². The maximum absolute atomic E-state index is 3.35. The molecule has 0 amide bonds. The summed E-state index contributed by atoms with van der Waals surface area (Å²) >= 11 is 8.55. The van der Waals surface area contributed by atoms with Crippen molar-refractivity contribution in [1.82, 2.24) is 0 Å². The van der Waals surface area contributed by atoms with Crippen molar-refractivity contribution in [3.8, 4) is 0 Å². The van der Waals surface area contributed by atoms with Gasteiger partial charge in [-0.05, 0) is 5.25 Å². The fourth-order valence-corrected chi connectivity index (χ4v) is 3.21. The van der Waals surface area contributed by atoms with Gasteiger partial charge < -0.3 is 0 Å². The normalized spacial score (nSPS) is 9.86. The van der Waals surface area contributed by atoms with Crippen molar-refractivity contribution < 1.29 is 0 Å². The molecule has 0 bridgehead atoms. The molecule has 0 saturated heterocycles. The van der Waals surface area contributed by atoms with Crippen molar-refractivity contribution >= 4 is 46.8 Å². The van der Waals surface area contributed by atoms with Crippen LogP contribution >= 0.6 is 43.1 Å². The highest BCUT2D eigenvalue weighted by Gasteiger charge is 2.05. The lowest BCUT2D eigenvalue weighted by molar-refractivity contribution is 1.12. The lowest BCUT2D eigenvalue weighted by Crippen LogP contribution is -1.92. The van der Waals surface area contributed by atoms with E-state index in [1.54, 1.807) is 0 Å². The number of hydrogen-bond donors (Lipinski definition) is 0. The predicted octanol–water partition coefficient (Wildman–Crippen LogP) is 2.90. The van der Waals surface area contributed by atoms with Crippen molar-refractivity contribution in [2.45, 2.75) is 19.1 Å². The summed E-state index contributed by atoms with van der Waals surface area (Å²) in [4.78, 5) is 0. The molecule has 0 aromatic carbocycles. The maximum Gasteiger partial charge on any atom is 0.360 e. The molecular formula is C3H7BBr2S. The summed E-state index contributed by atoms with van der Waals surface area (Å²) in [6.45, 7) is 4.33. The molecular weight excluding hydrogens is 239 g/mol. The number of halogens is 2. The van der Waals surface area contributed by atoms with E-state index in [9.17, 15) is 0 Å². The van der Waals surface area contributed by atoms with Gasteiger partial charge in [0.05, 0.1) is 0 Å². The Morgan fingerprint density at radius 2 is 1.86 bits per heavy atom. The highest BCUT2D eigenvalue weighted by Crippen LogP contribution is 2.22. The van der Waals surface area contributed by atoms with Crippen LogP contribution in [0.4, 0.5) is 0 Å². The number of hydrogen-bond acceptors (Lipinski definition) is 1. The van der Waals surface area contributed by atoms with Gasteiger partial charge in [-0.25, -0.2) is 0 Å². The molecule has 0 heterocycles. The van der Waals surface area contributed by atoms with E-state index in [2.05, 4.69) is 45.4 Å². The Bertz CT molecular complexity index is 42.2. The van der Waals surface area contributed by atoms with E-state index >= 15 is 0 Å². The molecule has 0 spiro atoms. The van der Waals surface area contributed by atoms with E-state index in [1.807, 2.05) is 11.6 Å². The first kappa shape index (κ1) is 8.37. The van der Waals surface area contributed by atoms with Crippen LogP contribution in [-0.2, 0) is 0 Å². The van der Waals surface area contributed by atoms with Crippen LogP contribution in [0.15, 0.2) is 0 Å². The average Bonchev–Trinajstić information content (AvgIpc) is 1.27. The third-order valence-electron chi connectivity index (χ3n) is 0.375. The van der Waals surface area contributed by atoms with E-state index < -0.39 is 0 Å². The van der Waals surface area contributed by atoms with Crippen LogP contribution in [0.25, 0.3) is 0 Å². The molecule has 0 radical (unpaired) electrons. The molecule has 0 aromatic heterocycles. The van der Waals surface area contributed by atoms with Gasteiger partial charge in [-0.1, -0.05) is 13.8 Å². The van der Waals surface area contributed by atoms with E-state index in [0.717, 1.165) is 0 Å². The van der Waals surface area contributed by atoms with Crippen molar-refractivity contribution in [1.29, 1.82) is 0 Å². The average molecular weight is 246 g/mol. The first-order valence-electron chi connectivity index (χ1n) is 2.06. The van der Waals surface area contributed by atoms with Gasteiger partial charge in [-0.15, -0.1) is 31.5 Å². The second-order valence-electron chi connectivity index (χ2n) is 1.45. The quantitative estimate of drug-likeness (QED) is 0.675. The van der Waals surface area contributed by atoms with Gasteiger partial charge in [-0.3, -0.25) is 0 Å². The van der Waals surface area contributed by atoms with E-state index in [0.29, 0.717) is 8.89 Å². The molecule has 0 aliphatic carbocycles. The predicted molar refractivity (Wildman–Crippen MR) is 46.3 cm³/mol. The molecule has 0 aromatic rings. The maximum atomic E-state index is 3.35. The van der Waals surface area contributed by atoms with Gasteiger partial charge in [0.15, 0.2) is 0 Å². The molecule has 0 atom stereocenters.